The van der Waals surface area contributed by atoms with Crippen LogP contribution < -0.4 is 14.9 Å². The molecular weight excluding hydrogens is 356 g/mol. The second-order valence-electron chi connectivity index (χ2n) is 5.98. The summed E-state index contributed by atoms with van der Waals surface area (Å²) in [5.74, 6) is -2.60. The van der Waals surface area contributed by atoms with Crippen LogP contribution in [0.25, 0.3) is 0 Å². The molecule has 0 saturated carbocycles. The Hall–Kier alpha value is -3.62. The number of carbonyl (C=O) groups is 1. The molecule has 0 fully saturated rings. The fraction of sp³-hybridized carbons (Fsp3) is 0.222. The minimum absolute atomic E-state index is 0.0492. The largest absolute Gasteiger partial charge is 0.504 e. The van der Waals surface area contributed by atoms with E-state index in [1.807, 2.05) is 0 Å². The van der Waals surface area contributed by atoms with Crippen molar-refractivity contribution in [1.29, 1.82) is 0 Å². The molecule has 1 aliphatic rings. The summed E-state index contributed by atoms with van der Waals surface area (Å²) in [5.41, 5.74) is 1.60. The minimum Gasteiger partial charge on any atom is -0.504 e. The molecule has 9 heteroatoms. The van der Waals surface area contributed by atoms with Crippen LogP contribution in [0.1, 0.15) is 18.1 Å². The number of hydrazone groups is 1. The number of hydrogen-bond acceptors (Lipinski definition) is 8. The maximum Gasteiger partial charge on any atom is 0.261 e. The molecule has 2 aromatic rings. The number of nitrogens with one attached hydrogen (secondary N) is 1. The van der Waals surface area contributed by atoms with E-state index in [1.54, 1.807) is 6.92 Å². The fourth-order valence-corrected chi connectivity index (χ4v) is 3.24. The summed E-state index contributed by atoms with van der Waals surface area (Å²) in [4.78, 5) is 12.9. The monoisotopic (exact) mass is 374 g/mol. The summed E-state index contributed by atoms with van der Waals surface area (Å²) in [7, 11) is 2.60. The van der Waals surface area contributed by atoms with Gasteiger partial charge in [-0.15, -0.1) is 0 Å². The Balaban J connectivity index is 2.38. The molecule has 0 unspecified atom stereocenters. The summed E-state index contributed by atoms with van der Waals surface area (Å²) in [5, 5.41) is 44.0. The summed E-state index contributed by atoms with van der Waals surface area (Å²) in [6, 6.07) is 5.18. The maximum atomic E-state index is 12.9. The van der Waals surface area contributed by atoms with Crippen LogP contribution in [0.4, 0.5) is 0 Å². The number of aromatic hydroxyl groups is 4. The number of methoxy groups -OCH3 is 2. The van der Waals surface area contributed by atoms with E-state index in [0.717, 1.165) is 0 Å². The van der Waals surface area contributed by atoms with E-state index < -0.39 is 34.3 Å². The molecule has 0 aliphatic carbocycles. The van der Waals surface area contributed by atoms with Crippen LogP contribution in [0.3, 0.4) is 0 Å². The predicted molar refractivity (Wildman–Crippen MR) is 94.7 cm³/mol. The Bertz CT molecular complexity index is 909. The van der Waals surface area contributed by atoms with Gasteiger partial charge in [0.25, 0.3) is 5.91 Å². The second kappa shape index (κ2) is 6.27. The van der Waals surface area contributed by atoms with Crippen LogP contribution >= 0.6 is 0 Å². The number of benzene rings is 2. The van der Waals surface area contributed by atoms with E-state index in [4.69, 9.17) is 9.47 Å². The molecule has 5 N–H and O–H groups in total. The third-order valence-electron chi connectivity index (χ3n) is 4.62. The number of carbonyl (C=O) groups excluding carboxylic acids is 1. The lowest BCUT2D eigenvalue weighted by Gasteiger charge is -2.29. The van der Waals surface area contributed by atoms with Gasteiger partial charge < -0.3 is 29.9 Å². The molecule has 0 spiro atoms. The predicted octanol–water partition coefficient (Wildman–Crippen LogP) is 1.32. The average Bonchev–Trinajstić information content (AvgIpc) is 2.95. The van der Waals surface area contributed by atoms with E-state index in [1.165, 1.54) is 38.5 Å². The van der Waals surface area contributed by atoms with Crippen LogP contribution in [0.2, 0.25) is 0 Å². The summed E-state index contributed by atoms with van der Waals surface area (Å²) >= 11 is 0. The van der Waals surface area contributed by atoms with Crippen LogP contribution in [0, 0.1) is 0 Å². The Kier molecular flexibility index (Phi) is 4.22. The van der Waals surface area contributed by atoms with Gasteiger partial charge in [-0.3, -0.25) is 4.79 Å². The quantitative estimate of drug-likeness (QED) is 0.508. The zero-order chi connectivity index (χ0) is 19.9. The Morgan fingerprint density at radius 2 is 1.33 bits per heavy atom. The van der Waals surface area contributed by atoms with Crippen molar-refractivity contribution >= 4 is 11.6 Å². The number of rotatable bonds is 4. The highest BCUT2D eigenvalue weighted by atomic mass is 16.5. The number of nitrogens with zero attached hydrogens (tertiary/aromatic N) is 1. The molecule has 2 aromatic carbocycles. The van der Waals surface area contributed by atoms with Gasteiger partial charge in [-0.1, -0.05) is 0 Å². The van der Waals surface area contributed by atoms with Gasteiger partial charge in [-0.25, -0.2) is 5.43 Å². The lowest BCUT2D eigenvalue weighted by molar-refractivity contribution is -0.122. The molecule has 1 amide bonds. The molecule has 0 radical (unpaired) electrons. The molecule has 1 heterocycles. The molecular formula is C18H18N2O7. The maximum absolute atomic E-state index is 12.9. The van der Waals surface area contributed by atoms with Crippen LogP contribution in [0.5, 0.6) is 34.5 Å². The second-order valence-corrected chi connectivity index (χ2v) is 5.98. The van der Waals surface area contributed by atoms with E-state index in [2.05, 4.69) is 10.5 Å². The fourth-order valence-electron chi connectivity index (χ4n) is 3.24. The van der Waals surface area contributed by atoms with E-state index >= 15 is 0 Å². The van der Waals surface area contributed by atoms with Crippen molar-refractivity contribution in [2.75, 3.05) is 14.2 Å². The minimum atomic E-state index is -1.56. The van der Waals surface area contributed by atoms with Gasteiger partial charge in [-0.05, 0) is 42.3 Å². The van der Waals surface area contributed by atoms with Gasteiger partial charge >= 0.3 is 0 Å². The molecule has 0 aromatic heterocycles. The van der Waals surface area contributed by atoms with Gasteiger partial charge in [0.05, 0.1) is 19.9 Å². The van der Waals surface area contributed by atoms with Crippen molar-refractivity contribution in [3.8, 4) is 34.5 Å². The highest BCUT2D eigenvalue weighted by Crippen LogP contribution is 2.47. The lowest BCUT2D eigenvalue weighted by Crippen LogP contribution is -2.43. The smallest absolute Gasteiger partial charge is 0.261 e. The van der Waals surface area contributed by atoms with E-state index in [9.17, 15) is 25.2 Å². The Morgan fingerprint density at radius 1 is 0.889 bits per heavy atom. The van der Waals surface area contributed by atoms with Crippen LogP contribution in [-0.2, 0) is 10.2 Å². The van der Waals surface area contributed by atoms with Gasteiger partial charge in [0, 0.05) is 0 Å². The summed E-state index contributed by atoms with van der Waals surface area (Å²) in [6.45, 7) is 1.59. The van der Waals surface area contributed by atoms with Gasteiger partial charge in [0.15, 0.2) is 23.0 Å². The van der Waals surface area contributed by atoms with Crippen LogP contribution in [0.15, 0.2) is 29.4 Å². The number of hydrogen-bond donors (Lipinski definition) is 5. The van der Waals surface area contributed by atoms with Gasteiger partial charge in [0.2, 0.25) is 11.5 Å². The first kappa shape index (κ1) is 18.2. The number of phenols is 4. The van der Waals surface area contributed by atoms with Crippen molar-refractivity contribution in [2.45, 2.75) is 12.3 Å². The first-order valence-corrected chi connectivity index (χ1v) is 7.83. The Labute approximate surface area is 154 Å². The highest BCUT2D eigenvalue weighted by Gasteiger charge is 2.50. The van der Waals surface area contributed by atoms with Crippen molar-refractivity contribution in [3.05, 3.63) is 35.4 Å². The summed E-state index contributed by atoms with van der Waals surface area (Å²) in [6.07, 6.45) is 0. The van der Waals surface area contributed by atoms with Crippen molar-refractivity contribution in [2.24, 2.45) is 5.10 Å². The van der Waals surface area contributed by atoms with E-state index in [-0.39, 0.29) is 22.6 Å². The zero-order valence-corrected chi connectivity index (χ0v) is 14.8. The molecule has 0 saturated heterocycles. The first-order chi connectivity index (χ1) is 12.8. The van der Waals surface area contributed by atoms with Gasteiger partial charge in [0.1, 0.15) is 5.41 Å². The van der Waals surface area contributed by atoms with Crippen molar-refractivity contribution < 1.29 is 34.7 Å². The standard InChI is InChI=1S/C18H18N2O7/c1-8-18(17(25)20-19-8,9-4-11(21)15(23)13(6-9)26-2)10-5-12(22)16(24)14(7-10)27-3/h4-7,21-24H,1-3H3,(H,20,25). The third kappa shape index (κ3) is 2.47. The normalized spacial score (nSPS) is 15.2. The lowest BCUT2D eigenvalue weighted by atomic mass is 9.71. The number of ether oxygens (including phenoxy) is 2. The molecule has 142 valence electrons. The zero-order valence-electron chi connectivity index (χ0n) is 14.8. The molecule has 0 bridgehead atoms. The average molecular weight is 374 g/mol. The number of amides is 1. The molecule has 9 nitrogen and oxygen atoms in total. The van der Waals surface area contributed by atoms with Gasteiger partial charge in [-0.2, -0.15) is 5.10 Å². The molecule has 0 atom stereocenters. The third-order valence-corrected chi connectivity index (χ3v) is 4.62. The summed E-state index contributed by atoms with van der Waals surface area (Å²) < 4.78 is 10.1. The number of phenolic OH excluding ortho intramolecular Hbond substituents is 4. The van der Waals surface area contributed by atoms with Crippen molar-refractivity contribution in [1.82, 2.24) is 5.43 Å². The van der Waals surface area contributed by atoms with Crippen LogP contribution in [-0.4, -0.2) is 46.3 Å². The van der Waals surface area contributed by atoms with E-state index in [0.29, 0.717) is 5.71 Å². The highest BCUT2D eigenvalue weighted by molar-refractivity contribution is 6.19. The Morgan fingerprint density at radius 3 is 1.67 bits per heavy atom. The molecule has 27 heavy (non-hydrogen) atoms. The molecule has 1 aliphatic heterocycles. The molecule has 3 rings (SSSR count). The van der Waals surface area contributed by atoms with Crippen molar-refractivity contribution in [3.63, 3.8) is 0 Å². The topological polar surface area (TPSA) is 141 Å². The SMILES string of the molecule is COc1cc(C2(c3cc(O)c(O)c(OC)c3)C(=O)NN=C2C)cc(O)c1O. The first-order valence-electron chi connectivity index (χ1n) is 7.83.